The molecular weight excluding hydrogens is 288 g/mol. The Bertz CT molecular complexity index is 525. The number of ether oxygens (including phenoxy) is 1. The molecule has 1 aromatic carbocycles. The molecule has 0 saturated heterocycles. The summed E-state index contributed by atoms with van der Waals surface area (Å²) in [7, 11) is 0. The van der Waals surface area contributed by atoms with E-state index in [2.05, 4.69) is 10.6 Å². The van der Waals surface area contributed by atoms with Crippen molar-refractivity contribution >= 4 is 6.09 Å². The normalized spacial score (nSPS) is 12.7. The summed E-state index contributed by atoms with van der Waals surface area (Å²) in [4.78, 5) is 11.6. The number of aromatic hydroxyl groups is 3. The maximum absolute atomic E-state index is 11.6. The lowest BCUT2D eigenvalue weighted by Crippen LogP contribution is -2.42. The zero-order valence-corrected chi connectivity index (χ0v) is 13.3. The van der Waals surface area contributed by atoms with E-state index in [4.69, 9.17) is 4.74 Å². The van der Waals surface area contributed by atoms with Crippen LogP contribution in [0, 0.1) is 0 Å². The highest BCUT2D eigenvalue weighted by molar-refractivity contribution is 5.68. The average Bonchev–Trinajstić information content (AvgIpc) is 2.36. The lowest BCUT2D eigenvalue weighted by atomic mass is 10.1. The van der Waals surface area contributed by atoms with Crippen LogP contribution in [0.5, 0.6) is 17.2 Å². The van der Waals surface area contributed by atoms with Crippen molar-refractivity contribution in [3.05, 3.63) is 17.7 Å². The molecule has 0 bridgehead atoms. The Morgan fingerprint density at radius 2 is 1.86 bits per heavy atom. The van der Waals surface area contributed by atoms with Gasteiger partial charge in [-0.1, -0.05) is 6.07 Å². The van der Waals surface area contributed by atoms with Gasteiger partial charge < -0.3 is 30.7 Å². The van der Waals surface area contributed by atoms with E-state index in [0.29, 0.717) is 12.1 Å². The number of amides is 1. The number of phenolic OH excluding ortho intramolecular Hbond substituents is 3. The van der Waals surface area contributed by atoms with Gasteiger partial charge in [0, 0.05) is 24.7 Å². The second-order valence-corrected chi connectivity index (χ2v) is 6.12. The van der Waals surface area contributed by atoms with Crippen molar-refractivity contribution in [1.29, 1.82) is 0 Å². The van der Waals surface area contributed by atoms with Crippen LogP contribution in [0.2, 0.25) is 0 Å². The van der Waals surface area contributed by atoms with Gasteiger partial charge in [0.2, 0.25) is 5.75 Å². The SMILES string of the molecule is CC(CNCc1ccc(O)c(O)c1O)NC(=O)OC(C)(C)C. The molecule has 1 rings (SSSR count). The van der Waals surface area contributed by atoms with Crippen LogP contribution in [0.3, 0.4) is 0 Å². The number of carbonyl (C=O) groups is 1. The largest absolute Gasteiger partial charge is 0.504 e. The molecule has 7 heteroatoms. The first-order valence-corrected chi connectivity index (χ1v) is 7.03. The summed E-state index contributed by atoms with van der Waals surface area (Å²) in [6, 6.07) is 2.63. The molecule has 0 heterocycles. The molecule has 0 aliphatic rings. The number of nitrogens with one attached hydrogen (secondary N) is 2. The van der Waals surface area contributed by atoms with Crippen molar-refractivity contribution in [2.45, 2.75) is 45.9 Å². The summed E-state index contributed by atoms with van der Waals surface area (Å²) in [5.74, 6) is -1.28. The smallest absolute Gasteiger partial charge is 0.407 e. The van der Waals surface area contributed by atoms with E-state index >= 15 is 0 Å². The van der Waals surface area contributed by atoms with Crippen molar-refractivity contribution in [1.82, 2.24) is 10.6 Å². The molecule has 0 aliphatic heterocycles. The molecular formula is C15H24N2O5. The number of alkyl carbamates (subject to hydrolysis) is 1. The summed E-state index contributed by atoms with van der Waals surface area (Å²) in [5, 5.41) is 34.1. The van der Waals surface area contributed by atoms with Crippen LogP contribution in [-0.2, 0) is 11.3 Å². The van der Waals surface area contributed by atoms with E-state index in [1.807, 2.05) is 6.92 Å². The van der Waals surface area contributed by atoms with Gasteiger partial charge in [-0.3, -0.25) is 0 Å². The fourth-order valence-corrected chi connectivity index (χ4v) is 1.74. The number of hydrogen-bond donors (Lipinski definition) is 5. The zero-order valence-electron chi connectivity index (χ0n) is 13.3. The third kappa shape index (κ3) is 5.69. The minimum absolute atomic E-state index is 0.178. The summed E-state index contributed by atoms with van der Waals surface area (Å²) < 4.78 is 5.14. The fraction of sp³-hybridized carbons (Fsp3) is 0.533. The van der Waals surface area contributed by atoms with Gasteiger partial charge in [0.05, 0.1) is 0 Å². The van der Waals surface area contributed by atoms with Crippen molar-refractivity contribution in [3.8, 4) is 17.2 Å². The highest BCUT2D eigenvalue weighted by Crippen LogP contribution is 2.36. The van der Waals surface area contributed by atoms with Gasteiger partial charge in [0.25, 0.3) is 0 Å². The molecule has 1 aromatic rings. The first-order chi connectivity index (χ1) is 10.1. The predicted octanol–water partition coefficient (Wildman–Crippen LogP) is 1.81. The van der Waals surface area contributed by atoms with Crippen LogP contribution in [0.15, 0.2) is 12.1 Å². The van der Waals surface area contributed by atoms with Gasteiger partial charge >= 0.3 is 6.09 Å². The summed E-state index contributed by atoms with van der Waals surface area (Å²) in [5.41, 5.74) is -0.105. The number of carbonyl (C=O) groups excluding carboxylic acids is 1. The maximum Gasteiger partial charge on any atom is 0.407 e. The first kappa shape index (κ1) is 17.9. The minimum Gasteiger partial charge on any atom is -0.504 e. The fourth-order valence-electron chi connectivity index (χ4n) is 1.74. The van der Waals surface area contributed by atoms with Crippen LogP contribution in [-0.4, -0.2) is 39.6 Å². The predicted molar refractivity (Wildman–Crippen MR) is 82.0 cm³/mol. The van der Waals surface area contributed by atoms with Gasteiger partial charge in [-0.15, -0.1) is 0 Å². The maximum atomic E-state index is 11.6. The van der Waals surface area contributed by atoms with Gasteiger partial charge in [0.15, 0.2) is 11.5 Å². The van der Waals surface area contributed by atoms with Crippen molar-refractivity contribution < 1.29 is 24.9 Å². The van der Waals surface area contributed by atoms with Gasteiger partial charge in [-0.25, -0.2) is 4.79 Å². The van der Waals surface area contributed by atoms with Crippen LogP contribution < -0.4 is 10.6 Å². The monoisotopic (exact) mass is 312 g/mol. The lowest BCUT2D eigenvalue weighted by Gasteiger charge is -2.22. The first-order valence-electron chi connectivity index (χ1n) is 7.03. The number of phenols is 3. The Labute approximate surface area is 129 Å². The lowest BCUT2D eigenvalue weighted by molar-refractivity contribution is 0.0508. The molecule has 124 valence electrons. The van der Waals surface area contributed by atoms with Crippen LogP contribution in [0.4, 0.5) is 4.79 Å². The highest BCUT2D eigenvalue weighted by Gasteiger charge is 2.17. The molecule has 0 aliphatic carbocycles. The van der Waals surface area contributed by atoms with E-state index in [-0.39, 0.29) is 24.1 Å². The molecule has 7 nitrogen and oxygen atoms in total. The van der Waals surface area contributed by atoms with E-state index in [1.165, 1.54) is 12.1 Å². The second kappa shape index (κ2) is 7.22. The number of benzene rings is 1. The van der Waals surface area contributed by atoms with Crippen molar-refractivity contribution in [2.75, 3.05) is 6.54 Å². The molecule has 0 spiro atoms. The van der Waals surface area contributed by atoms with Crippen molar-refractivity contribution in [2.24, 2.45) is 0 Å². The summed E-state index contributed by atoms with van der Waals surface area (Å²) in [6.07, 6.45) is -0.494. The molecule has 0 radical (unpaired) electrons. The Morgan fingerprint density at radius 3 is 2.45 bits per heavy atom. The molecule has 1 unspecified atom stereocenters. The standard InChI is InChI=1S/C15H24N2O5/c1-9(17-14(21)22-15(2,3)4)7-16-8-10-5-6-11(18)13(20)12(10)19/h5-6,9,16,18-20H,7-8H2,1-4H3,(H,17,21). The van der Waals surface area contributed by atoms with Gasteiger partial charge in [-0.2, -0.15) is 0 Å². The Morgan fingerprint density at radius 1 is 1.23 bits per heavy atom. The second-order valence-electron chi connectivity index (χ2n) is 6.12. The average molecular weight is 312 g/mol. The summed E-state index contributed by atoms with van der Waals surface area (Å²) >= 11 is 0. The third-order valence-electron chi connectivity index (χ3n) is 2.74. The number of hydrogen-bond acceptors (Lipinski definition) is 6. The van der Waals surface area contributed by atoms with Gasteiger partial charge in [-0.05, 0) is 33.8 Å². The quantitative estimate of drug-likeness (QED) is 0.530. The molecule has 1 amide bonds. The van der Waals surface area contributed by atoms with Crippen LogP contribution in [0.25, 0.3) is 0 Å². The van der Waals surface area contributed by atoms with Crippen LogP contribution >= 0.6 is 0 Å². The Balaban J connectivity index is 2.41. The molecule has 5 N–H and O–H groups in total. The molecule has 1 atom stereocenters. The minimum atomic E-state index is -0.549. The Kier molecular flexibility index (Phi) is 5.87. The van der Waals surface area contributed by atoms with Crippen molar-refractivity contribution in [3.63, 3.8) is 0 Å². The zero-order chi connectivity index (χ0) is 16.9. The number of rotatable bonds is 5. The summed E-state index contributed by atoms with van der Waals surface area (Å²) in [6.45, 7) is 7.89. The van der Waals surface area contributed by atoms with E-state index in [9.17, 15) is 20.1 Å². The molecule has 0 fully saturated rings. The van der Waals surface area contributed by atoms with E-state index in [1.54, 1.807) is 20.8 Å². The molecule has 0 saturated carbocycles. The van der Waals surface area contributed by atoms with E-state index < -0.39 is 17.4 Å². The van der Waals surface area contributed by atoms with Gasteiger partial charge in [0.1, 0.15) is 5.60 Å². The molecule has 22 heavy (non-hydrogen) atoms. The third-order valence-corrected chi connectivity index (χ3v) is 2.74. The topological polar surface area (TPSA) is 111 Å². The highest BCUT2D eigenvalue weighted by atomic mass is 16.6. The van der Waals surface area contributed by atoms with E-state index in [0.717, 1.165) is 0 Å². The Hall–Kier alpha value is -2.15. The van der Waals surface area contributed by atoms with Crippen LogP contribution in [0.1, 0.15) is 33.3 Å². The molecule has 0 aromatic heterocycles.